The monoisotopic (exact) mass is 281 g/mol. The Morgan fingerprint density at radius 3 is 2.79 bits per heavy atom. The van der Waals surface area contributed by atoms with Gasteiger partial charge in [0.05, 0.1) is 11.1 Å². The fourth-order valence-electron chi connectivity index (χ4n) is 0.663. The number of ether oxygens (including phenoxy) is 1. The third-order valence-corrected chi connectivity index (χ3v) is 1.94. The number of hydrogen-bond acceptors (Lipinski definition) is 3. The number of aliphatic hydroxyl groups is 1. The summed E-state index contributed by atoms with van der Waals surface area (Å²) in [4.78, 5) is 3.82. The standard InChI is InChI=1S/C7H7BrClNO2.C2H6/c8-5-4-10-7(9)3-6(5)12-2-1-11;1-2/h3-4,11H,1-2H2;1-2H3. The Morgan fingerprint density at radius 1 is 1.57 bits per heavy atom. The van der Waals surface area contributed by atoms with Gasteiger partial charge in [-0.1, -0.05) is 25.4 Å². The number of pyridine rings is 1. The van der Waals surface area contributed by atoms with E-state index in [9.17, 15) is 0 Å². The quantitative estimate of drug-likeness (QED) is 0.867. The highest BCUT2D eigenvalue weighted by molar-refractivity contribution is 9.10. The number of hydrogen-bond donors (Lipinski definition) is 1. The summed E-state index contributed by atoms with van der Waals surface area (Å²) in [6, 6.07) is 1.58. The van der Waals surface area contributed by atoms with Gasteiger partial charge >= 0.3 is 0 Å². The van der Waals surface area contributed by atoms with Gasteiger partial charge in [-0.2, -0.15) is 0 Å². The van der Waals surface area contributed by atoms with Crippen molar-refractivity contribution in [3.05, 3.63) is 21.9 Å². The summed E-state index contributed by atoms with van der Waals surface area (Å²) in [6.45, 7) is 4.23. The van der Waals surface area contributed by atoms with Crippen molar-refractivity contribution >= 4 is 27.5 Å². The lowest BCUT2D eigenvalue weighted by Gasteiger charge is -2.05. The fourth-order valence-corrected chi connectivity index (χ4v) is 1.14. The molecule has 1 N–H and O–H groups in total. The number of aromatic nitrogens is 1. The second-order valence-electron chi connectivity index (χ2n) is 2.01. The van der Waals surface area contributed by atoms with Crippen molar-refractivity contribution in [2.75, 3.05) is 13.2 Å². The van der Waals surface area contributed by atoms with Gasteiger partial charge in [-0.15, -0.1) is 0 Å². The minimum Gasteiger partial charge on any atom is -0.490 e. The molecule has 0 aliphatic carbocycles. The lowest BCUT2D eigenvalue weighted by Crippen LogP contribution is -2.02. The van der Waals surface area contributed by atoms with Gasteiger partial charge in [0.2, 0.25) is 0 Å². The van der Waals surface area contributed by atoms with Crippen LogP contribution in [0.5, 0.6) is 5.75 Å². The molecular formula is C9H13BrClNO2. The molecule has 0 fully saturated rings. The first-order chi connectivity index (χ1) is 6.74. The molecule has 1 aromatic heterocycles. The van der Waals surface area contributed by atoms with E-state index in [2.05, 4.69) is 20.9 Å². The SMILES string of the molecule is CC.OCCOc1cc(Cl)ncc1Br. The first-order valence-electron chi connectivity index (χ1n) is 4.28. The van der Waals surface area contributed by atoms with Gasteiger partial charge < -0.3 is 9.84 Å². The molecule has 0 saturated carbocycles. The van der Waals surface area contributed by atoms with E-state index < -0.39 is 0 Å². The van der Waals surface area contributed by atoms with E-state index in [0.717, 1.165) is 4.47 Å². The zero-order valence-electron chi connectivity index (χ0n) is 8.13. The zero-order chi connectivity index (χ0) is 11.0. The molecule has 0 unspecified atom stereocenters. The number of nitrogens with zero attached hydrogens (tertiary/aromatic N) is 1. The summed E-state index contributed by atoms with van der Waals surface area (Å²) in [6.07, 6.45) is 1.55. The second kappa shape index (κ2) is 8.03. The predicted octanol–water partition coefficient (Wildman–Crippen LogP) is 2.89. The Kier molecular flexibility index (Phi) is 7.84. The molecule has 3 nitrogen and oxygen atoms in total. The lowest BCUT2D eigenvalue weighted by atomic mass is 10.4. The number of aliphatic hydroxyl groups excluding tert-OH is 1. The minimum atomic E-state index is -0.0214. The third-order valence-electron chi connectivity index (χ3n) is 1.14. The van der Waals surface area contributed by atoms with E-state index in [0.29, 0.717) is 10.9 Å². The van der Waals surface area contributed by atoms with E-state index in [1.165, 1.54) is 0 Å². The Morgan fingerprint density at radius 2 is 2.21 bits per heavy atom. The molecule has 1 aromatic rings. The van der Waals surface area contributed by atoms with Crippen LogP contribution in [-0.2, 0) is 0 Å². The van der Waals surface area contributed by atoms with Gasteiger partial charge in [0.1, 0.15) is 17.5 Å². The highest BCUT2D eigenvalue weighted by atomic mass is 79.9. The van der Waals surface area contributed by atoms with Crippen LogP contribution in [0.15, 0.2) is 16.7 Å². The van der Waals surface area contributed by atoms with Crippen LogP contribution in [0.25, 0.3) is 0 Å². The van der Waals surface area contributed by atoms with Gasteiger partial charge in [-0.05, 0) is 15.9 Å². The van der Waals surface area contributed by atoms with Crippen LogP contribution in [0.3, 0.4) is 0 Å². The molecule has 0 saturated heterocycles. The van der Waals surface area contributed by atoms with E-state index in [1.54, 1.807) is 12.3 Å². The van der Waals surface area contributed by atoms with Crippen molar-refractivity contribution in [2.24, 2.45) is 0 Å². The maximum atomic E-state index is 8.50. The molecular weight excluding hydrogens is 269 g/mol. The van der Waals surface area contributed by atoms with Gasteiger partial charge in [0.25, 0.3) is 0 Å². The molecule has 1 heterocycles. The summed E-state index contributed by atoms with van der Waals surface area (Å²) >= 11 is 8.85. The first-order valence-corrected chi connectivity index (χ1v) is 5.46. The van der Waals surface area contributed by atoms with Gasteiger partial charge in [-0.25, -0.2) is 4.98 Å². The lowest BCUT2D eigenvalue weighted by molar-refractivity contribution is 0.200. The average Bonchev–Trinajstić information content (AvgIpc) is 2.22. The van der Waals surface area contributed by atoms with Crippen molar-refractivity contribution in [3.8, 4) is 5.75 Å². The first kappa shape index (κ1) is 13.7. The molecule has 1 rings (SSSR count). The van der Waals surface area contributed by atoms with Crippen LogP contribution >= 0.6 is 27.5 Å². The van der Waals surface area contributed by atoms with Crippen molar-refractivity contribution in [2.45, 2.75) is 13.8 Å². The Balaban J connectivity index is 0.000000791. The summed E-state index contributed by atoms with van der Waals surface area (Å²) in [7, 11) is 0. The molecule has 0 aromatic carbocycles. The van der Waals surface area contributed by atoms with Crippen LogP contribution in [0, 0.1) is 0 Å². The molecule has 0 amide bonds. The van der Waals surface area contributed by atoms with Gasteiger partial charge in [0.15, 0.2) is 0 Å². The highest BCUT2D eigenvalue weighted by Gasteiger charge is 2.01. The summed E-state index contributed by atoms with van der Waals surface area (Å²) in [5.41, 5.74) is 0. The smallest absolute Gasteiger partial charge is 0.138 e. The molecule has 5 heteroatoms. The van der Waals surface area contributed by atoms with Gasteiger partial charge in [0, 0.05) is 12.3 Å². The highest BCUT2D eigenvalue weighted by Crippen LogP contribution is 2.25. The average molecular weight is 283 g/mol. The van der Waals surface area contributed by atoms with Crippen molar-refractivity contribution in [1.29, 1.82) is 0 Å². The summed E-state index contributed by atoms with van der Waals surface area (Å²) in [5.74, 6) is 0.587. The van der Waals surface area contributed by atoms with Crippen LogP contribution in [0.2, 0.25) is 5.15 Å². The largest absolute Gasteiger partial charge is 0.490 e. The zero-order valence-corrected chi connectivity index (χ0v) is 10.5. The second-order valence-corrected chi connectivity index (χ2v) is 3.25. The Bertz CT molecular complexity index is 271. The van der Waals surface area contributed by atoms with E-state index in [-0.39, 0.29) is 13.2 Å². The number of halogens is 2. The summed E-state index contributed by atoms with van der Waals surface area (Å²) in [5, 5.41) is 8.87. The molecule has 0 aliphatic heterocycles. The predicted molar refractivity (Wildman–Crippen MR) is 60.9 cm³/mol. The summed E-state index contributed by atoms with van der Waals surface area (Å²) < 4.78 is 5.87. The molecule has 0 spiro atoms. The van der Waals surface area contributed by atoms with Crippen molar-refractivity contribution < 1.29 is 9.84 Å². The van der Waals surface area contributed by atoms with Crippen molar-refractivity contribution in [1.82, 2.24) is 4.98 Å². The maximum absolute atomic E-state index is 8.50. The van der Waals surface area contributed by atoms with Crippen LogP contribution in [-0.4, -0.2) is 23.3 Å². The van der Waals surface area contributed by atoms with Crippen LogP contribution in [0.1, 0.15) is 13.8 Å². The van der Waals surface area contributed by atoms with E-state index in [1.807, 2.05) is 13.8 Å². The van der Waals surface area contributed by atoms with E-state index in [4.69, 9.17) is 21.4 Å². The Hall–Kier alpha value is -0.320. The van der Waals surface area contributed by atoms with Crippen LogP contribution in [0.4, 0.5) is 0 Å². The third kappa shape index (κ3) is 4.79. The fraction of sp³-hybridized carbons (Fsp3) is 0.444. The van der Waals surface area contributed by atoms with Crippen LogP contribution < -0.4 is 4.74 Å². The Labute approximate surface area is 97.2 Å². The molecule has 0 aliphatic rings. The molecule has 80 valence electrons. The van der Waals surface area contributed by atoms with Crippen molar-refractivity contribution in [3.63, 3.8) is 0 Å². The maximum Gasteiger partial charge on any atom is 0.138 e. The molecule has 0 bridgehead atoms. The molecule has 14 heavy (non-hydrogen) atoms. The molecule has 0 atom stereocenters. The van der Waals surface area contributed by atoms with E-state index >= 15 is 0 Å². The topological polar surface area (TPSA) is 42.4 Å². The van der Waals surface area contributed by atoms with Gasteiger partial charge in [-0.3, -0.25) is 0 Å². The minimum absolute atomic E-state index is 0.0214. The molecule has 0 radical (unpaired) electrons. The normalized spacial score (nSPS) is 8.93. The number of rotatable bonds is 3.